The van der Waals surface area contributed by atoms with E-state index in [1.807, 2.05) is 70.2 Å². The first kappa shape index (κ1) is 41.2. The zero-order valence-corrected chi connectivity index (χ0v) is 32.1. The lowest BCUT2D eigenvalue weighted by molar-refractivity contribution is -0.142. The number of aryl methyl sites for hydroxylation is 2. The maximum absolute atomic E-state index is 14.2. The van der Waals surface area contributed by atoms with E-state index in [4.69, 9.17) is 25.7 Å². The topological polar surface area (TPSA) is 234 Å². The van der Waals surface area contributed by atoms with Crippen molar-refractivity contribution in [2.45, 2.75) is 90.6 Å². The Morgan fingerprint density at radius 3 is 2.32 bits per heavy atom. The number of hydrogen-bond donors (Lipinski definition) is 6. The standard InChI is InChI=1S/C41H50N6O9/c1-22(2)13-31(38(50)45-30(40(52)53)11-8-12-44-41(42)43)47-39(51)32(16-25-9-6-5-7-10-25)46-37(49)26-17-27-20-54-21-55-36(27)29(18-26)35-19-33(48)28-14-23(3)24(4)15-34(28)56-35/h5-7,9-10,14-15,17-18,22,30-32,35H,8,11-13,16,19-21H2,1-4H3,(H,45,50)(H,46,49)(H,47,51)(H,52,53)(H4,42,43,44)/t30-,31-,32-,35-/m0/s1. The van der Waals surface area contributed by atoms with E-state index in [2.05, 4.69) is 20.9 Å². The highest BCUT2D eigenvalue weighted by molar-refractivity contribution is 6.01. The predicted octanol–water partition coefficient (Wildman–Crippen LogP) is 3.37. The third-order valence-electron chi connectivity index (χ3n) is 9.69. The number of aliphatic imine (C=N–C) groups is 1. The van der Waals surface area contributed by atoms with Crippen LogP contribution in [0.15, 0.2) is 59.6 Å². The lowest BCUT2D eigenvalue weighted by Crippen LogP contribution is -2.56. The van der Waals surface area contributed by atoms with Gasteiger partial charge in [-0.25, -0.2) is 4.79 Å². The number of fused-ring (bicyclic) bond motifs is 2. The van der Waals surface area contributed by atoms with Crippen LogP contribution in [0, 0.1) is 19.8 Å². The molecule has 0 radical (unpaired) electrons. The minimum Gasteiger partial charge on any atom is -0.484 e. The molecule has 0 bridgehead atoms. The van der Waals surface area contributed by atoms with E-state index in [1.54, 1.807) is 12.1 Å². The first-order valence-electron chi connectivity index (χ1n) is 18.6. The van der Waals surface area contributed by atoms with Crippen molar-refractivity contribution < 1.29 is 43.3 Å². The molecule has 0 unspecified atom stereocenters. The van der Waals surface area contributed by atoms with E-state index in [-0.39, 0.29) is 68.9 Å². The summed E-state index contributed by atoms with van der Waals surface area (Å²) in [7, 11) is 0. The minimum absolute atomic E-state index is 0.0171. The number of ether oxygens (including phenoxy) is 3. The van der Waals surface area contributed by atoms with Crippen LogP contribution < -0.4 is 36.9 Å². The van der Waals surface area contributed by atoms with Gasteiger partial charge in [0, 0.05) is 29.7 Å². The molecule has 5 rings (SSSR count). The van der Waals surface area contributed by atoms with E-state index in [1.165, 1.54) is 0 Å². The molecule has 15 heteroatoms. The number of ketones is 1. The largest absolute Gasteiger partial charge is 0.484 e. The summed E-state index contributed by atoms with van der Waals surface area (Å²) in [6, 6.07) is 12.4. The van der Waals surface area contributed by atoms with Crippen molar-refractivity contribution in [1.29, 1.82) is 0 Å². The smallest absolute Gasteiger partial charge is 0.326 e. The van der Waals surface area contributed by atoms with Crippen LogP contribution in [-0.2, 0) is 32.1 Å². The lowest BCUT2D eigenvalue weighted by atomic mass is 9.91. The number of rotatable bonds is 16. The number of carbonyl (C=O) groups is 5. The summed E-state index contributed by atoms with van der Waals surface area (Å²) in [5.74, 6) is -2.54. The van der Waals surface area contributed by atoms with Crippen molar-refractivity contribution in [3.8, 4) is 11.5 Å². The van der Waals surface area contributed by atoms with Gasteiger partial charge >= 0.3 is 5.97 Å². The molecule has 8 N–H and O–H groups in total. The maximum atomic E-state index is 14.2. The molecule has 0 saturated carbocycles. The van der Waals surface area contributed by atoms with Crippen molar-refractivity contribution >= 4 is 35.4 Å². The first-order chi connectivity index (χ1) is 26.7. The van der Waals surface area contributed by atoms with Crippen molar-refractivity contribution in [2.75, 3.05) is 13.3 Å². The van der Waals surface area contributed by atoms with Gasteiger partial charge in [0.05, 0.1) is 18.6 Å². The third kappa shape index (κ3) is 10.6. The molecule has 0 fully saturated rings. The summed E-state index contributed by atoms with van der Waals surface area (Å²) in [4.78, 5) is 71.0. The Kier molecular flexibility index (Phi) is 13.7. The third-order valence-corrected chi connectivity index (χ3v) is 9.69. The van der Waals surface area contributed by atoms with Gasteiger partial charge in [-0.3, -0.25) is 24.2 Å². The predicted molar refractivity (Wildman–Crippen MR) is 207 cm³/mol. The van der Waals surface area contributed by atoms with Gasteiger partial charge in [0.2, 0.25) is 11.8 Å². The van der Waals surface area contributed by atoms with Gasteiger partial charge in [-0.15, -0.1) is 0 Å². The number of carboxylic acids is 1. The second kappa shape index (κ2) is 18.6. The number of amides is 3. The Labute approximate surface area is 325 Å². The molecule has 2 aliphatic heterocycles. The van der Waals surface area contributed by atoms with Crippen LogP contribution in [0.4, 0.5) is 0 Å². The van der Waals surface area contributed by atoms with Crippen molar-refractivity contribution in [3.05, 3.63) is 93.5 Å². The molecule has 2 heterocycles. The second-order valence-electron chi connectivity index (χ2n) is 14.6. The van der Waals surface area contributed by atoms with Gasteiger partial charge in [-0.1, -0.05) is 44.2 Å². The molecule has 3 aromatic rings. The van der Waals surface area contributed by atoms with Gasteiger partial charge in [-0.05, 0) is 80.0 Å². The monoisotopic (exact) mass is 770 g/mol. The Hall–Kier alpha value is -5.96. The van der Waals surface area contributed by atoms with Crippen LogP contribution in [0.1, 0.15) is 94.2 Å². The molecule has 0 aliphatic carbocycles. The lowest BCUT2D eigenvalue weighted by Gasteiger charge is -2.30. The quantitative estimate of drug-likeness (QED) is 0.0702. The highest BCUT2D eigenvalue weighted by atomic mass is 16.7. The number of nitrogens with one attached hydrogen (secondary N) is 3. The molecule has 298 valence electrons. The first-order valence-corrected chi connectivity index (χ1v) is 18.6. The number of hydrogen-bond acceptors (Lipinski definition) is 9. The molecule has 0 aromatic heterocycles. The zero-order chi connectivity index (χ0) is 40.5. The van der Waals surface area contributed by atoms with Crippen LogP contribution >= 0.6 is 0 Å². The van der Waals surface area contributed by atoms with Crippen LogP contribution in [0.3, 0.4) is 0 Å². The van der Waals surface area contributed by atoms with Crippen molar-refractivity contribution in [1.82, 2.24) is 16.0 Å². The highest BCUT2D eigenvalue weighted by Crippen LogP contribution is 2.42. The van der Waals surface area contributed by atoms with Gasteiger partial charge in [-0.2, -0.15) is 0 Å². The van der Waals surface area contributed by atoms with Crippen molar-refractivity contribution in [2.24, 2.45) is 22.4 Å². The Morgan fingerprint density at radius 1 is 0.929 bits per heavy atom. The summed E-state index contributed by atoms with van der Waals surface area (Å²) in [5.41, 5.74) is 15.2. The molecule has 3 aromatic carbocycles. The van der Waals surface area contributed by atoms with Crippen molar-refractivity contribution in [3.63, 3.8) is 0 Å². The normalized spacial score (nSPS) is 16.2. The molecule has 3 amide bonds. The van der Waals surface area contributed by atoms with Gasteiger partial charge in [0.1, 0.15) is 35.7 Å². The van der Waals surface area contributed by atoms with E-state index >= 15 is 0 Å². The van der Waals surface area contributed by atoms with E-state index < -0.39 is 47.9 Å². The molecule has 0 saturated heterocycles. The van der Waals surface area contributed by atoms with E-state index in [0.29, 0.717) is 34.6 Å². The fraction of sp³-hybridized carbons (Fsp3) is 0.415. The zero-order valence-electron chi connectivity index (χ0n) is 32.1. The average Bonchev–Trinajstić information content (AvgIpc) is 3.15. The maximum Gasteiger partial charge on any atom is 0.326 e. The van der Waals surface area contributed by atoms with E-state index in [9.17, 15) is 29.1 Å². The number of carboxylic acid groups (broad SMARTS) is 1. The fourth-order valence-electron chi connectivity index (χ4n) is 6.68. The summed E-state index contributed by atoms with van der Waals surface area (Å²) in [5, 5.41) is 18.0. The SMILES string of the molecule is Cc1cc2c(cc1C)C(=O)C[C@@H](c1cc(C(=O)N[C@@H](Cc3ccccc3)C(=O)N[C@@H](CC(C)C)C(=O)N[C@@H](CCCN=C(N)N)C(=O)O)cc3c1OCOC3)O2. The summed E-state index contributed by atoms with van der Waals surface area (Å²) in [6.07, 6.45) is -0.111. The molecular formula is C41H50N6O9. The Morgan fingerprint density at radius 2 is 1.62 bits per heavy atom. The van der Waals surface area contributed by atoms with Gasteiger partial charge in [0.15, 0.2) is 18.5 Å². The molecule has 15 nitrogen and oxygen atoms in total. The number of nitrogens with zero attached hydrogens (tertiary/aromatic N) is 1. The van der Waals surface area contributed by atoms with Crippen LogP contribution in [-0.4, -0.2) is 72.0 Å². The van der Waals surface area contributed by atoms with Crippen LogP contribution in [0.5, 0.6) is 11.5 Å². The number of benzene rings is 3. The fourth-order valence-corrected chi connectivity index (χ4v) is 6.68. The number of carbonyl (C=O) groups excluding carboxylic acids is 4. The highest BCUT2D eigenvalue weighted by Gasteiger charge is 2.34. The Balaban J connectivity index is 1.40. The summed E-state index contributed by atoms with van der Waals surface area (Å²) < 4.78 is 17.8. The number of aliphatic carboxylic acids is 1. The number of guanidine groups is 1. The minimum atomic E-state index is -1.25. The van der Waals surface area contributed by atoms with Gasteiger partial charge < -0.3 is 46.7 Å². The van der Waals surface area contributed by atoms with Crippen LogP contribution in [0.2, 0.25) is 0 Å². The summed E-state index contributed by atoms with van der Waals surface area (Å²) >= 11 is 0. The molecule has 56 heavy (non-hydrogen) atoms. The van der Waals surface area contributed by atoms with Gasteiger partial charge in [0.25, 0.3) is 5.91 Å². The molecule has 2 aliphatic rings. The van der Waals surface area contributed by atoms with E-state index in [0.717, 1.165) is 16.7 Å². The average molecular weight is 771 g/mol. The molecule has 0 spiro atoms. The number of Topliss-reactive ketones (excluding diaryl/α,β-unsaturated/α-hetero) is 1. The molecule has 4 atom stereocenters. The Bertz CT molecular complexity index is 1980. The number of nitrogens with two attached hydrogens (primary N) is 2. The second-order valence-corrected chi connectivity index (χ2v) is 14.6. The summed E-state index contributed by atoms with van der Waals surface area (Å²) in [6.45, 7) is 7.91. The molecular weight excluding hydrogens is 720 g/mol. The van der Waals surface area contributed by atoms with Crippen LogP contribution in [0.25, 0.3) is 0 Å².